The zero-order valence-corrected chi connectivity index (χ0v) is 15.7. The number of rotatable bonds is 3. The highest BCUT2D eigenvalue weighted by atomic mass is 35.5. The molecule has 1 N–H and O–H groups in total. The molecular formula is C20H20ClN3O3. The van der Waals surface area contributed by atoms with E-state index in [-0.39, 0.29) is 11.7 Å². The fourth-order valence-electron chi connectivity index (χ4n) is 3.28. The Morgan fingerprint density at radius 2 is 2.07 bits per heavy atom. The van der Waals surface area contributed by atoms with Gasteiger partial charge in [0.25, 0.3) is 5.91 Å². The molecule has 0 spiro atoms. The van der Waals surface area contributed by atoms with Crippen LogP contribution in [0, 0.1) is 0 Å². The maximum absolute atomic E-state index is 13.0. The van der Waals surface area contributed by atoms with Gasteiger partial charge in [0, 0.05) is 18.7 Å². The molecule has 0 aliphatic carbocycles. The molecule has 1 amide bonds. The van der Waals surface area contributed by atoms with Crippen molar-refractivity contribution in [3.63, 3.8) is 0 Å². The van der Waals surface area contributed by atoms with Gasteiger partial charge in [0.05, 0.1) is 29.1 Å². The number of aryl methyl sites for hydroxylation is 1. The van der Waals surface area contributed by atoms with Crippen LogP contribution in [0.3, 0.4) is 0 Å². The Morgan fingerprint density at radius 3 is 2.85 bits per heavy atom. The van der Waals surface area contributed by atoms with Crippen LogP contribution in [0.2, 0.25) is 5.02 Å². The number of aromatic nitrogens is 2. The van der Waals surface area contributed by atoms with E-state index in [1.54, 1.807) is 30.0 Å². The van der Waals surface area contributed by atoms with Crippen LogP contribution in [0.1, 0.15) is 41.4 Å². The Morgan fingerprint density at radius 1 is 1.26 bits per heavy atom. The summed E-state index contributed by atoms with van der Waals surface area (Å²) in [5, 5.41) is 14.7. The minimum Gasteiger partial charge on any atom is -0.451 e. The minimum atomic E-state index is -0.628. The molecule has 27 heavy (non-hydrogen) atoms. The molecule has 0 saturated heterocycles. The molecule has 140 valence electrons. The lowest BCUT2D eigenvalue weighted by molar-refractivity contribution is 0.0714. The molecule has 4 rings (SSSR count). The van der Waals surface area contributed by atoms with E-state index in [0.29, 0.717) is 29.6 Å². The topological polar surface area (TPSA) is 71.5 Å². The predicted molar refractivity (Wildman–Crippen MR) is 101 cm³/mol. The van der Waals surface area contributed by atoms with E-state index in [2.05, 4.69) is 5.10 Å². The van der Waals surface area contributed by atoms with Gasteiger partial charge in [0.1, 0.15) is 5.76 Å². The third-order valence-corrected chi connectivity index (χ3v) is 5.03. The summed E-state index contributed by atoms with van der Waals surface area (Å²) in [5.74, 6) is 0.690. The van der Waals surface area contributed by atoms with Gasteiger partial charge >= 0.3 is 0 Å². The maximum Gasteiger partial charge on any atom is 0.289 e. The van der Waals surface area contributed by atoms with Gasteiger partial charge in [0.2, 0.25) is 0 Å². The van der Waals surface area contributed by atoms with Crippen molar-refractivity contribution >= 4 is 17.5 Å². The van der Waals surface area contributed by atoms with Crippen LogP contribution < -0.4 is 0 Å². The molecule has 6 nitrogen and oxygen atoms in total. The second-order valence-corrected chi connectivity index (χ2v) is 7.09. The van der Waals surface area contributed by atoms with Crippen molar-refractivity contribution in [1.29, 1.82) is 0 Å². The van der Waals surface area contributed by atoms with E-state index in [0.717, 1.165) is 24.2 Å². The average Bonchev–Trinajstić information content (AvgIpc) is 3.24. The fraction of sp³-hybridized carbons (Fsp3) is 0.300. The zero-order chi connectivity index (χ0) is 19.0. The van der Waals surface area contributed by atoms with E-state index < -0.39 is 6.10 Å². The summed E-state index contributed by atoms with van der Waals surface area (Å²) in [4.78, 5) is 14.7. The lowest BCUT2D eigenvalue weighted by Crippen LogP contribution is -2.30. The highest BCUT2D eigenvalue weighted by Crippen LogP contribution is 2.29. The summed E-state index contributed by atoms with van der Waals surface area (Å²) in [7, 11) is 0. The molecule has 1 aliphatic heterocycles. The number of benzene rings is 1. The number of amides is 1. The minimum absolute atomic E-state index is 0.165. The maximum atomic E-state index is 13.0. The number of halogens is 1. The first-order chi connectivity index (χ1) is 13.0. The number of hydrogen-bond donors (Lipinski definition) is 1. The first kappa shape index (κ1) is 17.8. The van der Waals surface area contributed by atoms with Crippen molar-refractivity contribution in [3.05, 3.63) is 64.6 Å². The molecule has 0 radical (unpaired) electrons. The number of aliphatic hydroxyl groups is 1. The van der Waals surface area contributed by atoms with Crippen LogP contribution >= 0.6 is 11.6 Å². The smallest absolute Gasteiger partial charge is 0.289 e. The number of nitrogens with zero attached hydrogens (tertiary/aromatic N) is 3. The van der Waals surface area contributed by atoms with Crippen molar-refractivity contribution in [1.82, 2.24) is 14.7 Å². The van der Waals surface area contributed by atoms with Gasteiger partial charge < -0.3 is 14.4 Å². The molecule has 1 aromatic carbocycles. The van der Waals surface area contributed by atoms with Gasteiger partial charge in [0.15, 0.2) is 5.76 Å². The quantitative estimate of drug-likeness (QED) is 0.742. The van der Waals surface area contributed by atoms with Gasteiger partial charge in [-0.15, -0.1) is 0 Å². The molecule has 3 heterocycles. The monoisotopic (exact) mass is 385 g/mol. The van der Waals surface area contributed by atoms with Crippen molar-refractivity contribution < 1.29 is 14.3 Å². The molecule has 2 aromatic heterocycles. The lowest BCUT2D eigenvalue weighted by Gasteiger charge is -2.18. The zero-order valence-electron chi connectivity index (χ0n) is 14.9. The molecule has 0 bridgehead atoms. The van der Waals surface area contributed by atoms with Gasteiger partial charge in [-0.2, -0.15) is 5.10 Å². The van der Waals surface area contributed by atoms with Crippen LogP contribution in [-0.4, -0.2) is 32.2 Å². The molecule has 1 atom stereocenters. The normalized spacial score (nSPS) is 15.3. The van der Waals surface area contributed by atoms with E-state index in [4.69, 9.17) is 16.0 Å². The summed E-state index contributed by atoms with van der Waals surface area (Å²) in [5.41, 5.74) is 2.29. The van der Waals surface area contributed by atoms with Crippen molar-refractivity contribution in [3.8, 4) is 11.3 Å². The molecule has 0 fully saturated rings. The first-order valence-corrected chi connectivity index (χ1v) is 9.29. The van der Waals surface area contributed by atoms with Crippen LogP contribution in [0.15, 0.2) is 46.9 Å². The van der Waals surface area contributed by atoms with Crippen molar-refractivity contribution in [2.45, 2.75) is 32.5 Å². The van der Waals surface area contributed by atoms with E-state index in [1.807, 2.05) is 28.9 Å². The van der Waals surface area contributed by atoms with Crippen LogP contribution in [-0.2, 0) is 13.1 Å². The Balaban J connectivity index is 1.57. The summed E-state index contributed by atoms with van der Waals surface area (Å²) in [6.07, 6.45) is 0.161. The van der Waals surface area contributed by atoms with Gasteiger partial charge in [-0.25, -0.2) is 0 Å². The third-order valence-electron chi connectivity index (χ3n) is 4.70. The van der Waals surface area contributed by atoms with Gasteiger partial charge in [-0.1, -0.05) is 23.7 Å². The largest absolute Gasteiger partial charge is 0.451 e. The molecular weight excluding hydrogens is 366 g/mol. The standard InChI is InChI=1S/C20H20ClN3O3/c1-13(25)17-11-14-12-23(9-4-10-24(14)22-17)20(26)19-8-7-18(27-19)15-5-2-3-6-16(15)21/h2-3,5-8,11,13,25H,4,9-10,12H2,1H3/t13-/m0/s1. The Labute approximate surface area is 162 Å². The Bertz CT molecular complexity index is 977. The number of aliphatic hydroxyl groups excluding tert-OH is 1. The fourth-order valence-corrected chi connectivity index (χ4v) is 3.51. The summed E-state index contributed by atoms with van der Waals surface area (Å²) in [6, 6.07) is 12.7. The highest BCUT2D eigenvalue weighted by Gasteiger charge is 2.24. The van der Waals surface area contributed by atoms with Crippen LogP contribution in [0.4, 0.5) is 0 Å². The highest BCUT2D eigenvalue weighted by molar-refractivity contribution is 6.33. The lowest BCUT2D eigenvalue weighted by atomic mass is 10.2. The first-order valence-electron chi connectivity index (χ1n) is 8.91. The molecule has 7 heteroatoms. The van der Waals surface area contributed by atoms with E-state index in [9.17, 15) is 9.90 Å². The summed E-state index contributed by atoms with van der Waals surface area (Å²) < 4.78 is 7.67. The molecule has 0 unspecified atom stereocenters. The van der Waals surface area contributed by atoms with Crippen LogP contribution in [0.5, 0.6) is 0 Å². The van der Waals surface area contributed by atoms with Gasteiger partial charge in [-0.05, 0) is 43.7 Å². The second kappa shape index (κ2) is 7.21. The Hall–Kier alpha value is -2.57. The van der Waals surface area contributed by atoms with E-state index in [1.165, 1.54) is 0 Å². The Kier molecular flexibility index (Phi) is 4.76. The average molecular weight is 386 g/mol. The van der Waals surface area contributed by atoms with Crippen molar-refractivity contribution in [2.24, 2.45) is 0 Å². The predicted octanol–water partition coefficient (Wildman–Crippen LogP) is 3.90. The number of carbonyl (C=O) groups is 1. The van der Waals surface area contributed by atoms with Crippen LogP contribution in [0.25, 0.3) is 11.3 Å². The second-order valence-electron chi connectivity index (χ2n) is 6.68. The van der Waals surface area contributed by atoms with Gasteiger partial charge in [-0.3, -0.25) is 9.48 Å². The molecule has 3 aromatic rings. The third kappa shape index (κ3) is 3.50. The number of hydrogen-bond acceptors (Lipinski definition) is 4. The molecule has 1 aliphatic rings. The van der Waals surface area contributed by atoms with Crippen molar-refractivity contribution in [2.75, 3.05) is 6.54 Å². The number of fused-ring (bicyclic) bond motifs is 1. The number of furan rings is 1. The summed E-state index contributed by atoms with van der Waals surface area (Å²) in [6.45, 7) is 3.45. The summed E-state index contributed by atoms with van der Waals surface area (Å²) >= 11 is 6.22. The number of carbonyl (C=O) groups excluding carboxylic acids is 1. The van der Waals surface area contributed by atoms with E-state index >= 15 is 0 Å². The SMILES string of the molecule is C[C@H](O)c1cc2n(n1)CCCN(C(=O)c1ccc(-c3ccccc3Cl)o1)C2. The molecule has 0 saturated carbocycles.